The summed E-state index contributed by atoms with van der Waals surface area (Å²) < 4.78 is 32.2. The molecule has 24 heavy (non-hydrogen) atoms. The number of aryl methyl sites for hydroxylation is 1. The summed E-state index contributed by atoms with van der Waals surface area (Å²) in [6, 6.07) is 4.86. The van der Waals surface area contributed by atoms with Crippen LogP contribution in [0, 0.1) is 6.92 Å². The minimum Gasteiger partial charge on any atom is -0.372 e. The normalized spacial score (nSPS) is 17.5. The summed E-state index contributed by atoms with van der Waals surface area (Å²) in [7, 11) is -2.03. The fraction of sp³-hybridized carbons (Fsp3) is 0.588. The number of ether oxygens (including phenoxy) is 1. The molecule has 1 atom stereocenters. The fourth-order valence-electron chi connectivity index (χ4n) is 2.82. The highest BCUT2D eigenvalue weighted by atomic mass is 32.2. The summed E-state index contributed by atoms with van der Waals surface area (Å²) in [4.78, 5) is 12.4. The van der Waals surface area contributed by atoms with Crippen molar-refractivity contribution in [1.29, 1.82) is 0 Å². The predicted molar refractivity (Wildman–Crippen MR) is 93.5 cm³/mol. The molecule has 0 bridgehead atoms. The van der Waals surface area contributed by atoms with Gasteiger partial charge in [0.1, 0.15) is 6.10 Å². The average Bonchev–Trinajstić information content (AvgIpc) is 2.58. The Morgan fingerprint density at radius 2 is 1.96 bits per heavy atom. The number of anilines is 1. The number of methoxy groups -OCH3 is 1. The third kappa shape index (κ3) is 4.15. The van der Waals surface area contributed by atoms with Gasteiger partial charge in [-0.2, -0.15) is 4.31 Å². The molecule has 134 valence electrons. The Hall–Kier alpha value is -1.44. The monoisotopic (exact) mass is 354 g/mol. The first-order valence-corrected chi connectivity index (χ1v) is 9.78. The van der Waals surface area contributed by atoms with Crippen molar-refractivity contribution in [3.8, 4) is 0 Å². The largest absolute Gasteiger partial charge is 0.372 e. The van der Waals surface area contributed by atoms with E-state index in [1.807, 2.05) is 13.8 Å². The Balaban J connectivity index is 2.26. The van der Waals surface area contributed by atoms with Gasteiger partial charge in [-0.3, -0.25) is 4.79 Å². The minimum absolute atomic E-state index is 0.218. The van der Waals surface area contributed by atoms with Crippen molar-refractivity contribution >= 4 is 21.6 Å². The van der Waals surface area contributed by atoms with Gasteiger partial charge in [-0.1, -0.05) is 19.4 Å². The Morgan fingerprint density at radius 1 is 1.29 bits per heavy atom. The summed E-state index contributed by atoms with van der Waals surface area (Å²) in [5, 5.41) is 2.78. The zero-order valence-corrected chi connectivity index (χ0v) is 15.4. The maximum atomic E-state index is 12.8. The lowest BCUT2D eigenvalue weighted by Gasteiger charge is -2.26. The quantitative estimate of drug-likeness (QED) is 0.852. The van der Waals surface area contributed by atoms with Crippen LogP contribution in [0.5, 0.6) is 0 Å². The van der Waals surface area contributed by atoms with Gasteiger partial charge >= 0.3 is 0 Å². The maximum absolute atomic E-state index is 12.8. The van der Waals surface area contributed by atoms with E-state index < -0.39 is 16.1 Å². The van der Waals surface area contributed by atoms with Crippen molar-refractivity contribution in [2.45, 2.75) is 50.5 Å². The summed E-state index contributed by atoms with van der Waals surface area (Å²) in [5.41, 5.74) is 1.32. The highest BCUT2D eigenvalue weighted by molar-refractivity contribution is 7.89. The molecule has 0 radical (unpaired) electrons. The van der Waals surface area contributed by atoms with Crippen molar-refractivity contribution in [3.63, 3.8) is 0 Å². The molecule has 1 unspecified atom stereocenters. The van der Waals surface area contributed by atoms with Crippen LogP contribution in [0.25, 0.3) is 0 Å². The number of nitrogens with one attached hydrogen (secondary N) is 1. The predicted octanol–water partition coefficient (Wildman–Crippen LogP) is 2.53. The number of carbonyl (C=O) groups is 1. The SMILES string of the molecule is CCC(OC)C(=O)Nc1cc(S(=O)(=O)N2CCCCC2)ccc1C. The second-order valence-corrected chi connectivity index (χ2v) is 8.00. The Morgan fingerprint density at radius 3 is 2.54 bits per heavy atom. The van der Waals surface area contributed by atoms with Crippen molar-refractivity contribution in [1.82, 2.24) is 4.31 Å². The average molecular weight is 354 g/mol. The number of amides is 1. The van der Waals surface area contributed by atoms with E-state index in [1.165, 1.54) is 11.4 Å². The van der Waals surface area contributed by atoms with E-state index in [2.05, 4.69) is 5.32 Å². The van der Waals surface area contributed by atoms with Gasteiger partial charge in [0.15, 0.2) is 0 Å². The standard InChI is InChI=1S/C17H26N2O4S/c1-4-16(23-3)17(20)18-15-12-14(9-8-13(15)2)24(21,22)19-10-6-5-7-11-19/h8-9,12,16H,4-7,10-11H2,1-3H3,(H,18,20). The van der Waals surface area contributed by atoms with Crippen LogP contribution in [0.15, 0.2) is 23.1 Å². The van der Waals surface area contributed by atoms with Crippen molar-refractivity contribution < 1.29 is 17.9 Å². The van der Waals surface area contributed by atoms with Gasteiger partial charge in [0.05, 0.1) is 4.90 Å². The number of hydrogen-bond acceptors (Lipinski definition) is 4. The van der Waals surface area contributed by atoms with Crippen LogP contribution in [0.4, 0.5) is 5.69 Å². The molecule has 1 aromatic rings. The number of sulfonamides is 1. The Bertz CT molecular complexity index is 678. The lowest BCUT2D eigenvalue weighted by atomic mass is 10.2. The van der Waals surface area contributed by atoms with Crippen LogP contribution in [0.1, 0.15) is 38.2 Å². The van der Waals surface area contributed by atoms with E-state index in [9.17, 15) is 13.2 Å². The molecule has 6 nitrogen and oxygen atoms in total. The van der Waals surface area contributed by atoms with E-state index in [1.54, 1.807) is 18.2 Å². The third-order valence-electron chi connectivity index (χ3n) is 4.37. The molecule has 1 aliphatic heterocycles. The molecular weight excluding hydrogens is 328 g/mol. The number of hydrogen-bond donors (Lipinski definition) is 1. The Labute approximate surface area is 144 Å². The van der Waals surface area contributed by atoms with Crippen LogP contribution >= 0.6 is 0 Å². The number of piperidine rings is 1. The Kier molecular flexibility index (Phi) is 6.37. The molecule has 0 spiro atoms. The second kappa shape index (κ2) is 8.09. The maximum Gasteiger partial charge on any atom is 0.253 e. The van der Waals surface area contributed by atoms with Crippen LogP contribution in [-0.4, -0.2) is 44.9 Å². The zero-order valence-electron chi connectivity index (χ0n) is 14.5. The molecule has 1 N–H and O–H groups in total. The lowest BCUT2D eigenvalue weighted by molar-refractivity contribution is -0.125. The van der Waals surface area contributed by atoms with Gasteiger partial charge in [0.2, 0.25) is 10.0 Å². The van der Waals surface area contributed by atoms with Crippen molar-refractivity contribution in [2.75, 3.05) is 25.5 Å². The van der Waals surface area contributed by atoms with E-state index in [4.69, 9.17) is 4.74 Å². The molecule has 1 aromatic carbocycles. The molecule has 1 aliphatic rings. The van der Waals surface area contributed by atoms with Gasteiger partial charge < -0.3 is 10.1 Å². The molecule has 1 saturated heterocycles. The van der Waals surface area contributed by atoms with Crippen molar-refractivity contribution in [3.05, 3.63) is 23.8 Å². The van der Waals surface area contributed by atoms with E-state index in [0.717, 1.165) is 24.8 Å². The highest BCUT2D eigenvalue weighted by Gasteiger charge is 2.26. The minimum atomic E-state index is -3.52. The summed E-state index contributed by atoms with van der Waals surface area (Å²) >= 11 is 0. The van der Waals surface area contributed by atoms with Gasteiger partial charge in [0, 0.05) is 25.9 Å². The fourth-order valence-corrected chi connectivity index (χ4v) is 4.37. The van der Waals surface area contributed by atoms with Gasteiger partial charge in [-0.25, -0.2) is 8.42 Å². The molecule has 1 fully saturated rings. The first kappa shape index (κ1) is 18.9. The van der Waals surface area contributed by atoms with Gasteiger partial charge in [-0.15, -0.1) is 0 Å². The van der Waals surface area contributed by atoms with Crippen LogP contribution in [0.3, 0.4) is 0 Å². The van der Waals surface area contributed by atoms with Crippen LogP contribution < -0.4 is 5.32 Å². The molecular formula is C17H26N2O4S. The summed E-state index contributed by atoms with van der Waals surface area (Å²) in [6.07, 6.45) is 2.84. The molecule has 0 aliphatic carbocycles. The van der Waals surface area contributed by atoms with Crippen molar-refractivity contribution in [2.24, 2.45) is 0 Å². The third-order valence-corrected chi connectivity index (χ3v) is 6.26. The topological polar surface area (TPSA) is 75.7 Å². The smallest absolute Gasteiger partial charge is 0.253 e. The number of carbonyl (C=O) groups excluding carboxylic acids is 1. The first-order valence-electron chi connectivity index (χ1n) is 8.34. The number of rotatable bonds is 6. The lowest BCUT2D eigenvalue weighted by Crippen LogP contribution is -2.35. The van der Waals surface area contributed by atoms with Gasteiger partial charge in [0.25, 0.3) is 5.91 Å². The molecule has 7 heteroatoms. The van der Waals surface area contributed by atoms with E-state index in [-0.39, 0.29) is 10.8 Å². The molecule has 1 heterocycles. The molecule has 2 rings (SSSR count). The van der Waals surface area contributed by atoms with Gasteiger partial charge in [-0.05, 0) is 43.9 Å². The highest BCUT2D eigenvalue weighted by Crippen LogP contribution is 2.25. The molecule has 0 saturated carbocycles. The van der Waals surface area contributed by atoms with E-state index >= 15 is 0 Å². The zero-order chi connectivity index (χ0) is 17.7. The summed E-state index contributed by atoms with van der Waals surface area (Å²) in [6.45, 7) is 4.80. The van der Waals surface area contributed by atoms with E-state index in [0.29, 0.717) is 25.2 Å². The number of nitrogens with zero attached hydrogens (tertiary/aromatic N) is 1. The second-order valence-electron chi connectivity index (χ2n) is 6.06. The van der Waals surface area contributed by atoms with Crippen LogP contribution in [-0.2, 0) is 19.6 Å². The number of benzene rings is 1. The first-order chi connectivity index (χ1) is 11.4. The summed E-state index contributed by atoms with van der Waals surface area (Å²) in [5.74, 6) is -0.268. The molecule has 1 amide bonds. The van der Waals surface area contributed by atoms with Crippen LogP contribution in [0.2, 0.25) is 0 Å². The molecule has 0 aromatic heterocycles.